The van der Waals surface area contributed by atoms with E-state index in [2.05, 4.69) is 26.6 Å². The van der Waals surface area contributed by atoms with E-state index in [1.807, 2.05) is 6.92 Å². The fourth-order valence-electron chi connectivity index (χ4n) is 2.42. The van der Waals surface area contributed by atoms with Crippen molar-refractivity contribution >= 4 is 33.5 Å². The standard InChI is InChI=1S/C14H17BrN2O3/c1-8-3-2-6-16-12(8)13(18)17-11-7-9(15)4-5-10(11)14(19)20/h4-5,7-8,12,16H,2-3,6H2,1H3,(H,17,18)(H,19,20). The zero-order chi connectivity index (χ0) is 14.7. The first-order chi connectivity index (χ1) is 9.49. The van der Waals surface area contributed by atoms with Crippen LogP contribution >= 0.6 is 15.9 Å². The van der Waals surface area contributed by atoms with Gasteiger partial charge in [-0.1, -0.05) is 22.9 Å². The summed E-state index contributed by atoms with van der Waals surface area (Å²) in [6.07, 6.45) is 2.05. The van der Waals surface area contributed by atoms with E-state index in [0.29, 0.717) is 5.69 Å². The number of carbonyl (C=O) groups is 2. The number of carbonyl (C=O) groups excluding carboxylic acids is 1. The molecule has 1 heterocycles. The highest BCUT2D eigenvalue weighted by Gasteiger charge is 2.28. The van der Waals surface area contributed by atoms with Gasteiger partial charge < -0.3 is 15.7 Å². The largest absolute Gasteiger partial charge is 0.478 e. The van der Waals surface area contributed by atoms with Gasteiger partial charge in [0, 0.05) is 4.47 Å². The van der Waals surface area contributed by atoms with Crippen LogP contribution in [0.2, 0.25) is 0 Å². The molecular weight excluding hydrogens is 324 g/mol. The van der Waals surface area contributed by atoms with E-state index in [1.165, 1.54) is 6.07 Å². The van der Waals surface area contributed by atoms with Crippen molar-refractivity contribution in [3.63, 3.8) is 0 Å². The Labute approximate surface area is 125 Å². The number of carboxylic acids is 1. The molecule has 0 radical (unpaired) electrons. The molecule has 0 aromatic heterocycles. The van der Waals surface area contributed by atoms with Crippen LogP contribution in [0.3, 0.4) is 0 Å². The number of amides is 1. The first-order valence-corrected chi connectivity index (χ1v) is 7.35. The summed E-state index contributed by atoms with van der Waals surface area (Å²) in [5.74, 6) is -1.00. The number of piperidine rings is 1. The maximum atomic E-state index is 12.3. The Bertz CT molecular complexity index is 533. The Hall–Kier alpha value is -1.40. The van der Waals surface area contributed by atoms with Crippen LogP contribution in [-0.2, 0) is 4.79 Å². The highest BCUT2D eigenvalue weighted by molar-refractivity contribution is 9.10. The molecule has 1 aromatic rings. The van der Waals surface area contributed by atoms with Gasteiger partial charge in [0.05, 0.1) is 17.3 Å². The third-order valence-corrected chi connectivity index (χ3v) is 4.02. The number of carboxylic acid groups (broad SMARTS) is 1. The van der Waals surface area contributed by atoms with Crippen molar-refractivity contribution in [2.75, 3.05) is 11.9 Å². The SMILES string of the molecule is CC1CCCNC1C(=O)Nc1cc(Br)ccc1C(=O)O. The van der Waals surface area contributed by atoms with Gasteiger partial charge in [-0.15, -0.1) is 0 Å². The van der Waals surface area contributed by atoms with Crippen LogP contribution in [0.15, 0.2) is 22.7 Å². The Morgan fingerprint density at radius 1 is 1.45 bits per heavy atom. The van der Waals surface area contributed by atoms with Crippen molar-refractivity contribution in [2.45, 2.75) is 25.8 Å². The Morgan fingerprint density at radius 3 is 2.85 bits per heavy atom. The lowest BCUT2D eigenvalue weighted by molar-refractivity contribution is -0.119. The monoisotopic (exact) mass is 340 g/mol. The quantitative estimate of drug-likeness (QED) is 0.789. The van der Waals surface area contributed by atoms with Crippen molar-refractivity contribution in [3.05, 3.63) is 28.2 Å². The van der Waals surface area contributed by atoms with Crippen molar-refractivity contribution in [1.82, 2.24) is 5.32 Å². The van der Waals surface area contributed by atoms with E-state index < -0.39 is 5.97 Å². The molecule has 2 atom stereocenters. The predicted molar refractivity (Wildman–Crippen MR) is 79.9 cm³/mol. The molecule has 6 heteroatoms. The van der Waals surface area contributed by atoms with E-state index in [1.54, 1.807) is 12.1 Å². The zero-order valence-corrected chi connectivity index (χ0v) is 12.7. The molecule has 0 bridgehead atoms. The smallest absolute Gasteiger partial charge is 0.337 e. The molecule has 1 aromatic carbocycles. The summed E-state index contributed by atoms with van der Waals surface area (Å²) in [5.41, 5.74) is 0.404. The van der Waals surface area contributed by atoms with Gasteiger partial charge in [0.25, 0.3) is 0 Å². The normalized spacial score (nSPS) is 22.3. The Kier molecular flexibility index (Phi) is 4.77. The summed E-state index contributed by atoms with van der Waals surface area (Å²) in [6, 6.07) is 4.44. The molecule has 1 amide bonds. The molecule has 0 aliphatic carbocycles. The minimum Gasteiger partial charge on any atom is -0.478 e. The van der Waals surface area contributed by atoms with Gasteiger partial charge in [0.2, 0.25) is 5.91 Å². The topological polar surface area (TPSA) is 78.4 Å². The summed E-state index contributed by atoms with van der Waals surface area (Å²) in [7, 11) is 0. The molecular formula is C14H17BrN2O3. The lowest BCUT2D eigenvalue weighted by atomic mass is 9.92. The highest BCUT2D eigenvalue weighted by atomic mass is 79.9. The van der Waals surface area contributed by atoms with Gasteiger partial charge in [-0.3, -0.25) is 4.79 Å². The number of hydrogen-bond donors (Lipinski definition) is 3. The molecule has 1 fully saturated rings. The maximum absolute atomic E-state index is 12.3. The van der Waals surface area contributed by atoms with Crippen molar-refractivity contribution in [3.8, 4) is 0 Å². The maximum Gasteiger partial charge on any atom is 0.337 e. The van der Waals surface area contributed by atoms with Gasteiger partial charge >= 0.3 is 5.97 Å². The number of aromatic carboxylic acids is 1. The zero-order valence-electron chi connectivity index (χ0n) is 11.1. The highest BCUT2D eigenvalue weighted by Crippen LogP contribution is 2.23. The van der Waals surface area contributed by atoms with Crippen LogP contribution in [0.4, 0.5) is 5.69 Å². The number of anilines is 1. The molecule has 2 rings (SSSR count). The first-order valence-electron chi connectivity index (χ1n) is 6.56. The summed E-state index contributed by atoms with van der Waals surface area (Å²) in [4.78, 5) is 23.5. The molecule has 1 aliphatic rings. The summed E-state index contributed by atoms with van der Waals surface area (Å²) >= 11 is 3.28. The second kappa shape index (κ2) is 6.37. The molecule has 108 valence electrons. The third kappa shape index (κ3) is 3.37. The van der Waals surface area contributed by atoms with Crippen molar-refractivity contribution in [1.29, 1.82) is 0 Å². The van der Waals surface area contributed by atoms with Gasteiger partial charge in [0.1, 0.15) is 0 Å². The summed E-state index contributed by atoms with van der Waals surface area (Å²) < 4.78 is 0.724. The second-order valence-corrected chi connectivity index (χ2v) is 5.95. The number of benzene rings is 1. The molecule has 5 nitrogen and oxygen atoms in total. The fourth-order valence-corrected chi connectivity index (χ4v) is 2.78. The summed E-state index contributed by atoms with van der Waals surface area (Å²) in [6.45, 7) is 2.84. The van der Waals surface area contributed by atoms with Crippen LogP contribution in [0.25, 0.3) is 0 Å². The molecule has 20 heavy (non-hydrogen) atoms. The lowest BCUT2D eigenvalue weighted by Crippen LogP contribution is -2.48. The third-order valence-electron chi connectivity index (χ3n) is 3.52. The average molecular weight is 341 g/mol. The van der Waals surface area contributed by atoms with Gasteiger partial charge in [-0.05, 0) is 43.5 Å². The van der Waals surface area contributed by atoms with Gasteiger partial charge in [-0.2, -0.15) is 0 Å². The second-order valence-electron chi connectivity index (χ2n) is 5.04. The van der Waals surface area contributed by atoms with Crippen LogP contribution in [0.5, 0.6) is 0 Å². The van der Waals surface area contributed by atoms with E-state index in [-0.39, 0.29) is 23.4 Å². The van der Waals surface area contributed by atoms with E-state index in [4.69, 9.17) is 5.11 Å². The molecule has 0 saturated carbocycles. The predicted octanol–water partition coefficient (Wildman–Crippen LogP) is 2.47. The number of nitrogens with one attached hydrogen (secondary N) is 2. The minimum absolute atomic E-state index is 0.0880. The molecule has 2 unspecified atom stereocenters. The Morgan fingerprint density at radius 2 is 2.20 bits per heavy atom. The minimum atomic E-state index is -1.06. The Balaban J connectivity index is 2.18. The van der Waals surface area contributed by atoms with Crippen LogP contribution in [-0.4, -0.2) is 29.6 Å². The fraction of sp³-hybridized carbons (Fsp3) is 0.429. The molecule has 1 aliphatic heterocycles. The lowest BCUT2D eigenvalue weighted by Gasteiger charge is -2.29. The molecule has 0 spiro atoms. The van der Waals surface area contributed by atoms with Gasteiger partial charge in [0.15, 0.2) is 0 Å². The van der Waals surface area contributed by atoms with Gasteiger partial charge in [-0.25, -0.2) is 4.79 Å². The van der Waals surface area contributed by atoms with Crippen LogP contribution in [0.1, 0.15) is 30.1 Å². The van der Waals surface area contributed by atoms with Crippen molar-refractivity contribution < 1.29 is 14.7 Å². The molecule has 3 N–H and O–H groups in total. The number of rotatable bonds is 3. The number of hydrogen-bond acceptors (Lipinski definition) is 3. The first kappa shape index (κ1) is 15.0. The van der Waals surface area contributed by atoms with Crippen molar-refractivity contribution in [2.24, 2.45) is 5.92 Å². The van der Waals surface area contributed by atoms with E-state index in [9.17, 15) is 9.59 Å². The van der Waals surface area contributed by atoms with E-state index >= 15 is 0 Å². The van der Waals surface area contributed by atoms with Crippen LogP contribution in [0, 0.1) is 5.92 Å². The van der Waals surface area contributed by atoms with Crippen LogP contribution < -0.4 is 10.6 Å². The molecule has 1 saturated heterocycles. The average Bonchev–Trinajstić information content (AvgIpc) is 2.38. The number of halogens is 1. The van der Waals surface area contributed by atoms with E-state index in [0.717, 1.165) is 23.9 Å². The summed E-state index contributed by atoms with van der Waals surface area (Å²) in [5, 5.41) is 15.1.